The Morgan fingerprint density at radius 3 is 2.68 bits per heavy atom. The molecular weight excluding hydrogens is 258 g/mol. The predicted molar refractivity (Wildman–Crippen MR) is 77.2 cm³/mol. The van der Waals surface area contributed by atoms with Crippen LogP contribution in [0.1, 0.15) is 29.8 Å². The van der Waals surface area contributed by atoms with E-state index < -0.39 is 0 Å². The van der Waals surface area contributed by atoms with Crippen molar-refractivity contribution in [2.24, 2.45) is 0 Å². The third kappa shape index (κ3) is 3.04. The van der Waals surface area contributed by atoms with E-state index in [-0.39, 0.29) is 6.04 Å². The van der Waals surface area contributed by atoms with Gasteiger partial charge < -0.3 is 5.32 Å². The normalized spacial score (nSPS) is 11.7. The topological polar surface area (TPSA) is 48.7 Å². The van der Waals surface area contributed by atoms with Crippen LogP contribution in [0.4, 0.5) is 5.82 Å². The number of aryl methyl sites for hydroxylation is 1. The second-order valence-corrected chi connectivity index (χ2v) is 4.76. The van der Waals surface area contributed by atoms with Crippen molar-refractivity contribution in [2.75, 3.05) is 5.32 Å². The highest BCUT2D eigenvalue weighted by molar-refractivity contribution is 6.31. The van der Waals surface area contributed by atoms with Gasteiger partial charge in [-0.15, -0.1) is 0 Å². The first-order chi connectivity index (χ1) is 9.11. The van der Waals surface area contributed by atoms with Gasteiger partial charge in [-0.05, 0) is 37.6 Å². The summed E-state index contributed by atoms with van der Waals surface area (Å²) in [5.41, 5.74) is 2.38. The summed E-state index contributed by atoms with van der Waals surface area (Å²) in [5.74, 6) is 0.593. The second kappa shape index (κ2) is 5.73. The van der Waals surface area contributed by atoms with E-state index in [1.807, 2.05) is 44.2 Å². The molecule has 3 nitrogen and oxygen atoms in total. The van der Waals surface area contributed by atoms with Crippen LogP contribution >= 0.6 is 11.6 Å². The molecule has 1 unspecified atom stereocenters. The average molecular weight is 272 g/mol. The standard InChI is InChI=1S/C15H14ClN3/c1-10-7-8-12(9-17)15(18-10)19-11(2)13-5-3-4-6-14(13)16/h3-8,11H,1-2H3,(H,18,19). The molecule has 1 aromatic carbocycles. The van der Waals surface area contributed by atoms with Crippen LogP contribution in [0.5, 0.6) is 0 Å². The molecule has 1 aromatic heterocycles. The minimum absolute atomic E-state index is 0.0184. The minimum atomic E-state index is -0.0184. The first-order valence-electron chi connectivity index (χ1n) is 6.00. The number of halogens is 1. The number of hydrogen-bond acceptors (Lipinski definition) is 3. The number of aromatic nitrogens is 1. The summed E-state index contributed by atoms with van der Waals surface area (Å²) in [5, 5.41) is 13.0. The van der Waals surface area contributed by atoms with E-state index in [1.54, 1.807) is 6.07 Å². The molecule has 0 fully saturated rings. The third-order valence-electron chi connectivity index (χ3n) is 2.88. The van der Waals surface area contributed by atoms with Gasteiger partial charge in [-0.3, -0.25) is 0 Å². The Morgan fingerprint density at radius 1 is 1.26 bits per heavy atom. The Bertz CT molecular complexity index is 632. The van der Waals surface area contributed by atoms with Gasteiger partial charge in [0.05, 0.1) is 11.6 Å². The fourth-order valence-electron chi connectivity index (χ4n) is 1.87. The molecule has 1 heterocycles. The average Bonchev–Trinajstić information content (AvgIpc) is 2.39. The van der Waals surface area contributed by atoms with E-state index in [0.29, 0.717) is 16.4 Å². The van der Waals surface area contributed by atoms with E-state index >= 15 is 0 Å². The Kier molecular flexibility index (Phi) is 4.03. The van der Waals surface area contributed by atoms with Crippen LogP contribution in [-0.2, 0) is 0 Å². The van der Waals surface area contributed by atoms with Gasteiger partial charge in [-0.1, -0.05) is 29.8 Å². The number of nitrogens with one attached hydrogen (secondary N) is 1. The molecule has 0 aliphatic heterocycles. The van der Waals surface area contributed by atoms with Gasteiger partial charge in [0.15, 0.2) is 0 Å². The van der Waals surface area contributed by atoms with E-state index in [4.69, 9.17) is 16.9 Å². The molecule has 2 aromatic rings. The summed E-state index contributed by atoms with van der Waals surface area (Å²) >= 11 is 6.16. The Labute approximate surface area is 117 Å². The van der Waals surface area contributed by atoms with Crippen LogP contribution in [0.25, 0.3) is 0 Å². The molecule has 19 heavy (non-hydrogen) atoms. The maximum Gasteiger partial charge on any atom is 0.144 e. The zero-order valence-corrected chi connectivity index (χ0v) is 11.6. The first kappa shape index (κ1) is 13.4. The molecule has 0 amide bonds. The number of pyridine rings is 1. The van der Waals surface area contributed by atoms with Gasteiger partial charge in [-0.2, -0.15) is 5.26 Å². The summed E-state index contributed by atoms with van der Waals surface area (Å²) < 4.78 is 0. The molecule has 0 spiro atoms. The summed E-state index contributed by atoms with van der Waals surface area (Å²) in [6.07, 6.45) is 0. The lowest BCUT2D eigenvalue weighted by Gasteiger charge is -2.17. The molecular formula is C15H14ClN3. The fourth-order valence-corrected chi connectivity index (χ4v) is 2.17. The van der Waals surface area contributed by atoms with Gasteiger partial charge >= 0.3 is 0 Å². The van der Waals surface area contributed by atoms with Crippen molar-refractivity contribution in [1.29, 1.82) is 5.26 Å². The highest BCUT2D eigenvalue weighted by Gasteiger charge is 2.12. The molecule has 0 aliphatic carbocycles. The summed E-state index contributed by atoms with van der Waals surface area (Å²) in [6.45, 7) is 3.89. The van der Waals surface area contributed by atoms with Crippen molar-refractivity contribution in [3.8, 4) is 6.07 Å². The summed E-state index contributed by atoms with van der Waals surface area (Å²) in [6, 6.07) is 13.4. The van der Waals surface area contributed by atoms with Crippen molar-refractivity contribution >= 4 is 17.4 Å². The lowest BCUT2D eigenvalue weighted by atomic mass is 10.1. The van der Waals surface area contributed by atoms with Crippen LogP contribution < -0.4 is 5.32 Å². The highest BCUT2D eigenvalue weighted by atomic mass is 35.5. The van der Waals surface area contributed by atoms with Crippen molar-refractivity contribution in [3.63, 3.8) is 0 Å². The molecule has 96 valence electrons. The predicted octanol–water partition coefficient (Wildman–Crippen LogP) is 4.09. The molecule has 0 aliphatic rings. The van der Waals surface area contributed by atoms with E-state index in [1.165, 1.54) is 0 Å². The lowest BCUT2D eigenvalue weighted by Crippen LogP contribution is -2.10. The van der Waals surface area contributed by atoms with Crippen LogP contribution in [0.2, 0.25) is 5.02 Å². The van der Waals surface area contributed by atoms with E-state index in [0.717, 1.165) is 11.3 Å². The molecule has 0 saturated heterocycles. The third-order valence-corrected chi connectivity index (χ3v) is 3.22. The quantitative estimate of drug-likeness (QED) is 0.915. The van der Waals surface area contributed by atoms with Crippen LogP contribution in [0, 0.1) is 18.3 Å². The summed E-state index contributed by atoms with van der Waals surface area (Å²) in [4.78, 5) is 4.36. The van der Waals surface area contributed by atoms with Gasteiger partial charge in [0.25, 0.3) is 0 Å². The SMILES string of the molecule is Cc1ccc(C#N)c(NC(C)c2ccccc2Cl)n1. The number of rotatable bonds is 3. The zero-order chi connectivity index (χ0) is 13.8. The Hall–Kier alpha value is -2.05. The Morgan fingerprint density at radius 2 is 2.00 bits per heavy atom. The van der Waals surface area contributed by atoms with Crippen molar-refractivity contribution < 1.29 is 0 Å². The zero-order valence-electron chi connectivity index (χ0n) is 10.8. The molecule has 1 N–H and O–H groups in total. The van der Waals surface area contributed by atoms with Gasteiger partial charge in [0.2, 0.25) is 0 Å². The van der Waals surface area contributed by atoms with Crippen molar-refractivity contribution in [3.05, 3.63) is 58.2 Å². The number of nitrogens with zero attached hydrogens (tertiary/aromatic N) is 2. The maximum absolute atomic E-state index is 9.09. The minimum Gasteiger partial charge on any atom is -0.362 e. The molecule has 0 bridgehead atoms. The smallest absolute Gasteiger partial charge is 0.144 e. The van der Waals surface area contributed by atoms with Gasteiger partial charge in [0.1, 0.15) is 11.9 Å². The molecule has 0 saturated carbocycles. The number of benzene rings is 1. The fraction of sp³-hybridized carbons (Fsp3) is 0.200. The first-order valence-corrected chi connectivity index (χ1v) is 6.38. The van der Waals surface area contributed by atoms with Crippen LogP contribution in [0.15, 0.2) is 36.4 Å². The van der Waals surface area contributed by atoms with Gasteiger partial charge in [0, 0.05) is 10.7 Å². The molecule has 2 rings (SSSR count). The van der Waals surface area contributed by atoms with Gasteiger partial charge in [-0.25, -0.2) is 4.98 Å². The van der Waals surface area contributed by atoms with Crippen molar-refractivity contribution in [1.82, 2.24) is 4.98 Å². The lowest BCUT2D eigenvalue weighted by molar-refractivity contribution is 0.871. The van der Waals surface area contributed by atoms with E-state index in [9.17, 15) is 0 Å². The monoisotopic (exact) mass is 271 g/mol. The van der Waals surface area contributed by atoms with Crippen LogP contribution in [-0.4, -0.2) is 4.98 Å². The summed E-state index contributed by atoms with van der Waals surface area (Å²) in [7, 11) is 0. The largest absolute Gasteiger partial charge is 0.362 e. The number of anilines is 1. The molecule has 0 radical (unpaired) electrons. The van der Waals surface area contributed by atoms with Crippen molar-refractivity contribution in [2.45, 2.75) is 19.9 Å². The Balaban J connectivity index is 2.29. The second-order valence-electron chi connectivity index (χ2n) is 4.35. The highest BCUT2D eigenvalue weighted by Crippen LogP contribution is 2.26. The maximum atomic E-state index is 9.09. The molecule has 1 atom stereocenters. The van der Waals surface area contributed by atoms with Crippen LogP contribution in [0.3, 0.4) is 0 Å². The van der Waals surface area contributed by atoms with E-state index in [2.05, 4.69) is 16.4 Å². The number of hydrogen-bond donors (Lipinski definition) is 1. The molecule has 4 heteroatoms. The number of nitriles is 1.